The molecule has 0 aliphatic rings. The van der Waals surface area contributed by atoms with Crippen molar-refractivity contribution in [1.29, 1.82) is 0 Å². The van der Waals surface area contributed by atoms with E-state index in [9.17, 15) is 4.79 Å². The van der Waals surface area contributed by atoms with Crippen LogP contribution in [0.4, 0.5) is 10.5 Å². The van der Waals surface area contributed by atoms with Crippen molar-refractivity contribution in [3.63, 3.8) is 0 Å². The maximum Gasteiger partial charge on any atom is 0.322 e. The van der Waals surface area contributed by atoms with E-state index in [0.29, 0.717) is 23.8 Å². The maximum atomic E-state index is 12.8. The third-order valence-corrected chi connectivity index (χ3v) is 4.21. The van der Waals surface area contributed by atoms with Crippen LogP contribution in [0, 0.1) is 0 Å². The Kier molecular flexibility index (Phi) is 6.23. The van der Waals surface area contributed by atoms with Crippen molar-refractivity contribution < 1.29 is 4.79 Å². The highest BCUT2D eigenvalue weighted by atomic mass is 35.5. The summed E-state index contributed by atoms with van der Waals surface area (Å²) in [6.45, 7) is 1.10. The Labute approximate surface area is 158 Å². The fraction of sp³-hybridized carbons (Fsp3) is 0.143. The second-order valence-corrected chi connectivity index (χ2v) is 6.40. The molecule has 0 aliphatic carbocycles. The van der Waals surface area contributed by atoms with Crippen LogP contribution in [0.1, 0.15) is 11.1 Å². The molecule has 3 rings (SSSR count). The Balaban J connectivity index is 1.71. The van der Waals surface area contributed by atoms with E-state index in [2.05, 4.69) is 22.4 Å². The zero-order valence-corrected chi connectivity index (χ0v) is 15.1. The third-order valence-electron chi connectivity index (χ3n) is 3.97. The van der Waals surface area contributed by atoms with Crippen molar-refractivity contribution in [2.24, 2.45) is 0 Å². The first-order valence-corrected chi connectivity index (χ1v) is 8.83. The molecule has 0 atom stereocenters. The van der Waals surface area contributed by atoms with Gasteiger partial charge in [-0.2, -0.15) is 0 Å². The molecule has 2 amide bonds. The van der Waals surface area contributed by atoms with Crippen molar-refractivity contribution in [1.82, 2.24) is 9.88 Å². The highest BCUT2D eigenvalue weighted by Crippen LogP contribution is 2.16. The number of pyridine rings is 1. The standard InChI is InChI=1S/C21H20ClN3O/c22-19-9-4-10-20(14-19)24-21(26)25(16-18-8-5-12-23-15-18)13-11-17-6-2-1-3-7-17/h1-10,12,14-15H,11,13,16H2,(H,24,26). The molecular weight excluding hydrogens is 346 g/mol. The molecule has 2 aromatic carbocycles. The summed E-state index contributed by atoms with van der Waals surface area (Å²) >= 11 is 6.01. The SMILES string of the molecule is O=C(Nc1cccc(Cl)c1)N(CCc1ccccc1)Cc1cccnc1. The molecule has 3 aromatic rings. The highest BCUT2D eigenvalue weighted by molar-refractivity contribution is 6.30. The average molecular weight is 366 g/mol. The quantitative estimate of drug-likeness (QED) is 0.667. The van der Waals surface area contributed by atoms with Crippen LogP contribution >= 0.6 is 11.6 Å². The molecule has 5 heteroatoms. The van der Waals surface area contributed by atoms with Gasteiger partial charge in [-0.3, -0.25) is 4.98 Å². The van der Waals surface area contributed by atoms with E-state index in [4.69, 9.17) is 11.6 Å². The predicted molar refractivity (Wildman–Crippen MR) is 105 cm³/mol. The first-order chi connectivity index (χ1) is 12.7. The van der Waals surface area contributed by atoms with E-state index in [-0.39, 0.29) is 6.03 Å². The summed E-state index contributed by atoms with van der Waals surface area (Å²) < 4.78 is 0. The first-order valence-electron chi connectivity index (χ1n) is 8.45. The van der Waals surface area contributed by atoms with Crippen molar-refractivity contribution in [2.75, 3.05) is 11.9 Å². The van der Waals surface area contributed by atoms with Gasteiger partial charge in [-0.15, -0.1) is 0 Å². The van der Waals surface area contributed by atoms with Gasteiger partial charge in [-0.05, 0) is 41.8 Å². The third kappa shape index (κ3) is 5.33. The number of benzene rings is 2. The van der Waals surface area contributed by atoms with Crippen LogP contribution in [0.2, 0.25) is 5.02 Å². The summed E-state index contributed by atoms with van der Waals surface area (Å²) in [5.41, 5.74) is 2.86. The molecule has 0 bridgehead atoms. The molecule has 1 aromatic heterocycles. The number of urea groups is 1. The van der Waals surface area contributed by atoms with E-state index >= 15 is 0 Å². The molecule has 1 heterocycles. The molecule has 26 heavy (non-hydrogen) atoms. The molecular formula is C21H20ClN3O. The van der Waals surface area contributed by atoms with E-state index in [1.807, 2.05) is 42.5 Å². The summed E-state index contributed by atoms with van der Waals surface area (Å²) in [6, 6.07) is 21.0. The Hall–Kier alpha value is -2.85. The van der Waals surface area contributed by atoms with Crippen LogP contribution in [0.25, 0.3) is 0 Å². The summed E-state index contributed by atoms with van der Waals surface area (Å²) in [5.74, 6) is 0. The van der Waals surface area contributed by atoms with Crippen LogP contribution in [0.5, 0.6) is 0 Å². The number of nitrogens with zero attached hydrogens (tertiary/aromatic N) is 2. The van der Waals surface area contributed by atoms with E-state index in [1.165, 1.54) is 5.56 Å². The fourth-order valence-electron chi connectivity index (χ4n) is 2.64. The number of anilines is 1. The molecule has 132 valence electrons. The van der Waals surface area contributed by atoms with E-state index < -0.39 is 0 Å². The number of rotatable bonds is 6. The molecule has 0 spiro atoms. The van der Waals surface area contributed by atoms with Gasteiger partial charge < -0.3 is 10.2 Å². The summed E-state index contributed by atoms with van der Waals surface area (Å²) in [6.07, 6.45) is 4.29. The van der Waals surface area contributed by atoms with Crippen molar-refractivity contribution in [3.8, 4) is 0 Å². The Bertz CT molecular complexity index is 840. The first kappa shape index (κ1) is 18.0. The minimum absolute atomic E-state index is 0.160. The summed E-state index contributed by atoms with van der Waals surface area (Å²) in [5, 5.41) is 3.51. The monoisotopic (exact) mass is 365 g/mol. The fourth-order valence-corrected chi connectivity index (χ4v) is 2.83. The van der Waals surface area contributed by atoms with Gasteiger partial charge in [-0.25, -0.2) is 4.79 Å². The van der Waals surface area contributed by atoms with Crippen LogP contribution < -0.4 is 5.32 Å². The van der Waals surface area contributed by atoms with Gasteiger partial charge in [0, 0.05) is 36.2 Å². The average Bonchev–Trinajstić information content (AvgIpc) is 2.66. The number of hydrogen-bond donors (Lipinski definition) is 1. The summed E-state index contributed by atoms with van der Waals surface area (Å²) in [7, 11) is 0. The Morgan fingerprint density at radius 2 is 1.81 bits per heavy atom. The largest absolute Gasteiger partial charge is 0.322 e. The highest BCUT2D eigenvalue weighted by Gasteiger charge is 2.14. The number of carbonyl (C=O) groups excluding carboxylic acids is 1. The van der Waals surface area contributed by atoms with Gasteiger partial charge in [0.2, 0.25) is 0 Å². The predicted octanol–water partition coefficient (Wildman–Crippen LogP) is 5.01. The molecule has 0 saturated heterocycles. The van der Waals surface area contributed by atoms with Gasteiger partial charge in [0.15, 0.2) is 0 Å². The zero-order chi connectivity index (χ0) is 18.2. The summed E-state index contributed by atoms with van der Waals surface area (Å²) in [4.78, 5) is 18.7. The number of carbonyl (C=O) groups is 1. The number of halogens is 1. The van der Waals surface area contributed by atoms with Crippen molar-refractivity contribution in [2.45, 2.75) is 13.0 Å². The van der Waals surface area contributed by atoms with Crippen LogP contribution in [0.3, 0.4) is 0 Å². The topological polar surface area (TPSA) is 45.2 Å². The van der Waals surface area contributed by atoms with Crippen LogP contribution in [-0.4, -0.2) is 22.5 Å². The van der Waals surface area contributed by atoms with Crippen molar-refractivity contribution in [3.05, 3.63) is 95.3 Å². The maximum absolute atomic E-state index is 12.8. The van der Waals surface area contributed by atoms with Crippen molar-refractivity contribution >= 4 is 23.3 Å². The second-order valence-electron chi connectivity index (χ2n) is 5.96. The minimum Gasteiger partial charge on any atom is -0.320 e. The number of nitrogens with one attached hydrogen (secondary N) is 1. The van der Waals surface area contributed by atoms with Gasteiger partial charge >= 0.3 is 6.03 Å². The molecule has 4 nitrogen and oxygen atoms in total. The molecule has 1 N–H and O–H groups in total. The molecule has 0 saturated carbocycles. The van der Waals surface area contributed by atoms with E-state index in [0.717, 1.165) is 12.0 Å². The van der Waals surface area contributed by atoms with Gasteiger partial charge in [0.1, 0.15) is 0 Å². The lowest BCUT2D eigenvalue weighted by atomic mass is 10.1. The second kappa shape index (κ2) is 9.02. The molecule has 0 radical (unpaired) electrons. The van der Waals surface area contributed by atoms with Gasteiger partial charge in [0.25, 0.3) is 0 Å². The molecule has 0 aliphatic heterocycles. The minimum atomic E-state index is -0.160. The molecule has 0 fully saturated rings. The lowest BCUT2D eigenvalue weighted by Gasteiger charge is -2.23. The number of hydrogen-bond acceptors (Lipinski definition) is 2. The lowest BCUT2D eigenvalue weighted by Crippen LogP contribution is -2.36. The van der Waals surface area contributed by atoms with E-state index in [1.54, 1.807) is 29.4 Å². The number of aromatic nitrogens is 1. The van der Waals surface area contributed by atoms with Gasteiger partial charge in [0.05, 0.1) is 0 Å². The van der Waals surface area contributed by atoms with Crippen LogP contribution in [-0.2, 0) is 13.0 Å². The van der Waals surface area contributed by atoms with Gasteiger partial charge in [-0.1, -0.05) is 54.1 Å². The molecule has 0 unspecified atom stereocenters. The smallest absolute Gasteiger partial charge is 0.320 e. The van der Waals surface area contributed by atoms with Crippen LogP contribution in [0.15, 0.2) is 79.1 Å². The Morgan fingerprint density at radius 3 is 2.54 bits per heavy atom. The zero-order valence-electron chi connectivity index (χ0n) is 14.3. The lowest BCUT2D eigenvalue weighted by molar-refractivity contribution is 0.209. The Morgan fingerprint density at radius 1 is 1.00 bits per heavy atom. The number of amides is 2. The normalized spacial score (nSPS) is 10.3.